The van der Waals surface area contributed by atoms with Gasteiger partial charge >= 0.3 is 0 Å². The number of nitrogens with zero attached hydrogens (tertiary/aromatic N) is 2. The molecule has 122 valence electrons. The Morgan fingerprint density at radius 2 is 1.92 bits per heavy atom. The number of hydrogen-bond acceptors (Lipinski definition) is 4. The summed E-state index contributed by atoms with van der Waals surface area (Å²) in [5.74, 6) is 0.216. The van der Waals surface area contributed by atoms with Crippen molar-refractivity contribution in [3.05, 3.63) is 82.5 Å². The van der Waals surface area contributed by atoms with Crippen LogP contribution in [0.15, 0.2) is 71.3 Å². The van der Waals surface area contributed by atoms with E-state index >= 15 is 0 Å². The van der Waals surface area contributed by atoms with Crippen LogP contribution in [-0.2, 0) is 0 Å². The zero-order chi connectivity index (χ0) is 17.6. The van der Waals surface area contributed by atoms with Crippen LogP contribution in [0, 0.1) is 11.3 Å². The zero-order valence-corrected chi connectivity index (χ0v) is 14.6. The van der Waals surface area contributed by atoms with E-state index in [9.17, 15) is 4.79 Å². The highest BCUT2D eigenvalue weighted by molar-refractivity contribution is 9.10. The van der Waals surface area contributed by atoms with Crippen LogP contribution in [0.25, 0.3) is 0 Å². The van der Waals surface area contributed by atoms with E-state index in [0.717, 1.165) is 10.2 Å². The van der Waals surface area contributed by atoms with Crippen LogP contribution >= 0.6 is 15.9 Å². The second-order valence-electron chi connectivity index (χ2n) is 5.18. The molecule has 1 heterocycles. The normalized spacial score (nSPS) is 9.92. The zero-order valence-electron chi connectivity index (χ0n) is 13.0. The number of para-hydroxylation sites is 1. The van der Waals surface area contributed by atoms with Crippen LogP contribution in [0.3, 0.4) is 0 Å². The lowest BCUT2D eigenvalue weighted by Gasteiger charge is -2.09. The molecule has 2 N–H and O–H groups in total. The fourth-order valence-electron chi connectivity index (χ4n) is 2.21. The molecule has 2 aromatic carbocycles. The molecule has 0 atom stereocenters. The number of anilines is 3. The highest BCUT2D eigenvalue weighted by atomic mass is 79.9. The number of nitriles is 1. The van der Waals surface area contributed by atoms with Gasteiger partial charge in [-0.25, -0.2) is 4.98 Å². The number of rotatable bonds is 4. The van der Waals surface area contributed by atoms with Crippen molar-refractivity contribution in [3.8, 4) is 6.07 Å². The first-order valence-electron chi connectivity index (χ1n) is 7.45. The highest BCUT2D eigenvalue weighted by Crippen LogP contribution is 2.20. The smallest absolute Gasteiger partial charge is 0.256 e. The lowest BCUT2D eigenvalue weighted by Crippen LogP contribution is -2.12. The molecule has 0 bridgehead atoms. The Kier molecular flexibility index (Phi) is 5.07. The summed E-state index contributed by atoms with van der Waals surface area (Å²) in [7, 11) is 0. The summed E-state index contributed by atoms with van der Waals surface area (Å²) in [5, 5.41) is 15.0. The van der Waals surface area contributed by atoms with Crippen LogP contribution in [0.1, 0.15) is 15.9 Å². The molecule has 0 saturated heterocycles. The van der Waals surface area contributed by atoms with E-state index in [-0.39, 0.29) is 5.91 Å². The molecule has 1 aromatic heterocycles. The quantitative estimate of drug-likeness (QED) is 0.673. The summed E-state index contributed by atoms with van der Waals surface area (Å²) in [6.07, 6.45) is 1.60. The third kappa shape index (κ3) is 4.22. The summed E-state index contributed by atoms with van der Waals surface area (Å²) in [5.41, 5.74) is 2.52. The molecule has 0 aliphatic carbocycles. The van der Waals surface area contributed by atoms with Crippen molar-refractivity contribution in [3.63, 3.8) is 0 Å². The Hall–Kier alpha value is -3.17. The molecule has 0 aliphatic rings. The van der Waals surface area contributed by atoms with Gasteiger partial charge < -0.3 is 10.6 Å². The first kappa shape index (κ1) is 16.7. The van der Waals surface area contributed by atoms with Crippen molar-refractivity contribution in [2.24, 2.45) is 0 Å². The van der Waals surface area contributed by atoms with E-state index in [0.29, 0.717) is 22.6 Å². The van der Waals surface area contributed by atoms with Gasteiger partial charge in [-0.2, -0.15) is 5.26 Å². The molecular formula is C19H13BrN4O. The Bertz CT molecular complexity index is 948. The van der Waals surface area contributed by atoms with Gasteiger partial charge in [-0.05, 0) is 42.5 Å². The maximum absolute atomic E-state index is 12.2. The number of benzene rings is 2. The van der Waals surface area contributed by atoms with E-state index in [4.69, 9.17) is 5.26 Å². The number of carbonyl (C=O) groups excluding carboxylic acids is 1. The molecule has 0 aliphatic heterocycles. The molecule has 0 unspecified atom stereocenters. The number of nitrogens with one attached hydrogen (secondary N) is 2. The lowest BCUT2D eigenvalue weighted by atomic mass is 10.2. The van der Waals surface area contributed by atoms with Gasteiger partial charge in [-0.3, -0.25) is 4.79 Å². The first-order valence-corrected chi connectivity index (χ1v) is 8.24. The summed E-state index contributed by atoms with van der Waals surface area (Å²) >= 11 is 3.34. The molecule has 0 spiro atoms. The second-order valence-corrected chi connectivity index (χ2v) is 6.09. The molecule has 25 heavy (non-hydrogen) atoms. The topological polar surface area (TPSA) is 77.8 Å². The number of aromatic nitrogens is 1. The van der Waals surface area contributed by atoms with Crippen LogP contribution in [0.4, 0.5) is 17.2 Å². The largest absolute Gasteiger partial charge is 0.353 e. The minimum atomic E-state index is -0.232. The minimum Gasteiger partial charge on any atom is -0.353 e. The van der Waals surface area contributed by atoms with E-state index in [2.05, 4.69) is 37.6 Å². The average Bonchev–Trinajstić information content (AvgIpc) is 2.64. The van der Waals surface area contributed by atoms with Crippen molar-refractivity contribution in [1.82, 2.24) is 4.98 Å². The Morgan fingerprint density at radius 1 is 1.08 bits per heavy atom. The van der Waals surface area contributed by atoms with Crippen LogP contribution in [-0.4, -0.2) is 10.9 Å². The molecule has 1 amide bonds. The van der Waals surface area contributed by atoms with Crippen LogP contribution in [0.2, 0.25) is 0 Å². The molecule has 3 aromatic rings. The number of pyridine rings is 1. The van der Waals surface area contributed by atoms with Crippen molar-refractivity contribution in [2.75, 3.05) is 10.6 Å². The van der Waals surface area contributed by atoms with Gasteiger partial charge in [0, 0.05) is 10.0 Å². The number of amides is 1. The molecular weight excluding hydrogens is 380 g/mol. The summed E-state index contributed by atoms with van der Waals surface area (Å²) in [6.45, 7) is 0. The van der Waals surface area contributed by atoms with E-state index in [1.54, 1.807) is 42.6 Å². The van der Waals surface area contributed by atoms with Gasteiger partial charge in [-0.1, -0.05) is 34.1 Å². The molecule has 0 radical (unpaired) electrons. The second kappa shape index (κ2) is 7.60. The van der Waals surface area contributed by atoms with Gasteiger partial charge in [-0.15, -0.1) is 0 Å². The number of carbonyl (C=O) groups is 1. The van der Waals surface area contributed by atoms with Gasteiger partial charge in [0.05, 0.1) is 23.1 Å². The van der Waals surface area contributed by atoms with E-state index < -0.39 is 0 Å². The lowest BCUT2D eigenvalue weighted by molar-refractivity contribution is 0.102. The monoisotopic (exact) mass is 392 g/mol. The predicted molar refractivity (Wildman–Crippen MR) is 101 cm³/mol. The average molecular weight is 393 g/mol. The number of halogens is 1. The van der Waals surface area contributed by atoms with E-state index in [1.807, 2.05) is 24.3 Å². The van der Waals surface area contributed by atoms with Gasteiger partial charge in [0.25, 0.3) is 5.91 Å². The maximum atomic E-state index is 12.2. The third-order valence-electron chi connectivity index (χ3n) is 3.42. The number of hydrogen-bond donors (Lipinski definition) is 2. The standard InChI is InChI=1S/C19H13BrN4O/c20-15-6-3-5-13(10-15)19(25)24-18-9-8-16(12-22-18)23-17-7-2-1-4-14(17)11-21/h1-10,12,23H,(H,22,24,25). The van der Waals surface area contributed by atoms with E-state index in [1.165, 1.54) is 0 Å². The van der Waals surface area contributed by atoms with Crippen molar-refractivity contribution in [2.45, 2.75) is 0 Å². The predicted octanol–water partition coefficient (Wildman–Crippen LogP) is 4.71. The summed E-state index contributed by atoms with van der Waals surface area (Å²) < 4.78 is 0.837. The SMILES string of the molecule is N#Cc1ccccc1Nc1ccc(NC(=O)c2cccc(Br)c2)nc1. The van der Waals surface area contributed by atoms with Crippen LogP contribution < -0.4 is 10.6 Å². The fourth-order valence-corrected chi connectivity index (χ4v) is 2.60. The fraction of sp³-hybridized carbons (Fsp3) is 0. The summed E-state index contributed by atoms with van der Waals surface area (Å²) in [6, 6.07) is 20.0. The highest BCUT2D eigenvalue weighted by Gasteiger charge is 2.07. The Morgan fingerprint density at radius 3 is 2.64 bits per heavy atom. The molecule has 6 heteroatoms. The molecule has 3 rings (SSSR count). The molecule has 0 saturated carbocycles. The van der Waals surface area contributed by atoms with Crippen molar-refractivity contribution >= 4 is 39.0 Å². The van der Waals surface area contributed by atoms with Gasteiger partial charge in [0.1, 0.15) is 11.9 Å². The third-order valence-corrected chi connectivity index (χ3v) is 3.91. The van der Waals surface area contributed by atoms with Crippen molar-refractivity contribution < 1.29 is 4.79 Å². The Labute approximate surface area is 153 Å². The van der Waals surface area contributed by atoms with Gasteiger partial charge in [0.15, 0.2) is 0 Å². The molecule has 0 fully saturated rings. The molecule has 5 nitrogen and oxygen atoms in total. The van der Waals surface area contributed by atoms with Crippen LogP contribution in [0.5, 0.6) is 0 Å². The maximum Gasteiger partial charge on any atom is 0.256 e. The Balaban J connectivity index is 1.70. The summed E-state index contributed by atoms with van der Waals surface area (Å²) in [4.78, 5) is 16.4. The van der Waals surface area contributed by atoms with Gasteiger partial charge in [0.2, 0.25) is 0 Å². The first-order chi connectivity index (χ1) is 12.2. The minimum absolute atomic E-state index is 0.232. The van der Waals surface area contributed by atoms with Crippen molar-refractivity contribution in [1.29, 1.82) is 5.26 Å².